The first-order valence-corrected chi connectivity index (χ1v) is 14.7. The van der Waals surface area contributed by atoms with Gasteiger partial charge in [0, 0.05) is 16.6 Å². The molecule has 0 bridgehead atoms. The number of aryl methyl sites for hydroxylation is 1. The van der Waals surface area contributed by atoms with E-state index in [1.165, 1.54) is 4.90 Å². The molecule has 2 rings (SSSR count). The van der Waals surface area contributed by atoms with E-state index in [9.17, 15) is 18.0 Å². The highest BCUT2D eigenvalue weighted by Gasteiger charge is 2.33. The van der Waals surface area contributed by atoms with Gasteiger partial charge in [-0.15, -0.1) is 0 Å². The van der Waals surface area contributed by atoms with Gasteiger partial charge in [0.05, 0.1) is 22.0 Å². The molecule has 0 saturated carbocycles. The molecule has 11 heteroatoms. The fourth-order valence-electron chi connectivity index (χ4n) is 3.60. The van der Waals surface area contributed by atoms with Gasteiger partial charge in [-0.2, -0.15) is 0 Å². The first-order chi connectivity index (χ1) is 16.5. The van der Waals surface area contributed by atoms with Crippen LogP contribution in [0.5, 0.6) is 0 Å². The average molecular weight is 621 g/mol. The SMILES string of the molecule is CCC(C(=O)NC(C)(C)C)N(Cc1ccc(Cl)c(Cl)c1)C(=O)CN(c1ccc(Br)c(C)c1)S(C)(=O)=O. The molecule has 2 amide bonds. The van der Waals surface area contributed by atoms with Crippen molar-refractivity contribution in [2.45, 2.75) is 59.2 Å². The summed E-state index contributed by atoms with van der Waals surface area (Å²) >= 11 is 15.6. The summed E-state index contributed by atoms with van der Waals surface area (Å²) in [5.74, 6) is -0.855. The average Bonchev–Trinajstić information content (AvgIpc) is 2.74. The normalized spacial score (nSPS) is 12.7. The van der Waals surface area contributed by atoms with Crippen molar-refractivity contribution in [2.24, 2.45) is 0 Å². The number of anilines is 1. The van der Waals surface area contributed by atoms with E-state index in [0.717, 1.165) is 20.6 Å². The number of carbonyl (C=O) groups is 2. The molecule has 1 N–H and O–H groups in total. The van der Waals surface area contributed by atoms with E-state index in [1.54, 1.807) is 43.3 Å². The zero-order valence-electron chi connectivity index (χ0n) is 21.2. The maximum Gasteiger partial charge on any atom is 0.244 e. The molecule has 198 valence electrons. The maximum atomic E-state index is 13.7. The van der Waals surface area contributed by atoms with Gasteiger partial charge < -0.3 is 10.2 Å². The molecular weight excluding hydrogens is 589 g/mol. The van der Waals surface area contributed by atoms with E-state index in [0.29, 0.717) is 27.7 Å². The fraction of sp³-hybridized carbons (Fsp3) is 0.440. The highest BCUT2D eigenvalue weighted by molar-refractivity contribution is 9.10. The number of halogens is 3. The van der Waals surface area contributed by atoms with Crippen LogP contribution >= 0.6 is 39.1 Å². The number of carbonyl (C=O) groups excluding carboxylic acids is 2. The third-order valence-electron chi connectivity index (χ3n) is 5.33. The standard InChI is InChI=1S/C25H32BrCl2N3O4S/c1-7-22(24(33)29-25(3,4)5)30(14-17-8-11-20(27)21(28)13-17)23(32)15-31(36(6,34)35)18-9-10-19(26)16(2)12-18/h8-13,22H,7,14-15H2,1-6H3,(H,29,33). The lowest BCUT2D eigenvalue weighted by Gasteiger charge is -2.34. The van der Waals surface area contributed by atoms with Crippen molar-refractivity contribution < 1.29 is 18.0 Å². The lowest BCUT2D eigenvalue weighted by Crippen LogP contribution is -2.55. The monoisotopic (exact) mass is 619 g/mol. The molecule has 0 aliphatic rings. The van der Waals surface area contributed by atoms with Crippen molar-refractivity contribution in [3.05, 3.63) is 62.0 Å². The number of amides is 2. The van der Waals surface area contributed by atoms with E-state index in [1.807, 2.05) is 27.7 Å². The van der Waals surface area contributed by atoms with Crippen LogP contribution in [-0.2, 0) is 26.2 Å². The Morgan fingerprint density at radius 3 is 2.22 bits per heavy atom. The van der Waals surface area contributed by atoms with Gasteiger partial charge in [-0.3, -0.25) is 13.9 Å². The molecule has 0 heterocycles. The number of benzene rings is 2. The van der Waals surface area contributed by atoms with Gasteiger partial charge >= 0.3 is 0 Å². The highest BCUT2D eigenvalue weighted by atomic mass is 79.9. The van der Waals surface area contributed by atoms with Gasteiger partial charge in [-0.05, 0) is 75.6 Å². The summed E-state index contributed by atoms with van der Waals surface area (Å²) in [6.07, 6.45) is 1.37. The molecule has 0 aromatic heterocycles. The minimum absolute atomic E-state index is 0.0444. The second-order valence-electron chi connectivity index (χ2n) is 9.64. The van der Waals surface area contributed by atoms with Crippen LogP contribution in [0.3, 0.4) is 0 Å². The number of sulfonamides is 1. The van der Waals surface area contributed by atoms with Crippen LogP contribution in [0.25, 0.3) is 0 Å². The summed E-state index contributed by atoms with van der Waals surface area (Å²) in [4.78, 5) is 28.3. The summed E-state index contributed by atoms with van der Waals surface area (Å²) in [6.45, 7) is 8.76. The van der Waals surface area contributed by atoms with Crippen molar-refractivity contribution in [1.82, 2.24) is 10.2 Å². The van der Waals surface area contributed by atoms with Crippen LogP contribution in [0.4, 0.5) is 5.69 Å². The number of hydrogen-bond acceptors (Lipinski definition) is 4. The van der Waals surface area contributed by atoms with Crippen LogP contribution in [0.2, 0.25) is 10.0 Å². The molecule has 0 aliphatic heterocycles. The Morgan fingerprint density at radius 2 is 1.72 bits per heavy atom. The third kappa shape index (κ3) is 8.36. The molecule has 1 unspecified atom stereocenters. The van der Waals surface area contributed by atoms with Crippen molar-refractivity contribution >= 4 is 66.7 Å². The molecule has 0 radical (unpaired) electrons. The molecule has 0 saturated heterocycles. The molecule has 36 heavy (non-hydrogen) atoms. The van der Waals surface area contributed by atoms with Gasteiger partial charge in [0.15, 0.2) is 0 Å². The van der Waals surface area contributed by atoms with Gasteiger partial charge in [0.25, 0.3) is 0 Å². The minimum atomic E-state index is -3.81. The van der Waals surface area contributed by atoms with Gasteiger partial charge in [0.1, 0.15) is 12.6 Å². The fourth-order valence-corrected chi connectivity index (χ4v) is 5.01. The highest BCUT2D eigenvalue weighted by Crippen LogP contribution is 2.27. The van der Waals surface area contributed by atoms with E-state index in [2.05, 4.69) is 21.2 Å². The molecule has 1 atom stereocenters. The number of hydrogen-bond donors (Lipinski definition) is 1. The predicted molar refractivity (Wildman–Crippen MR) is 150 cm³/mol. The van der Waals surface area contributed by atoms with Crippen LogP contribution in [0, 0.1) is 6.92 Å². The summed E-state index contributed by atoms with van der Waals surface area (Å²) in [7, 11) is -3.81. The zero-order chi connectivity index (χ0) is 27.4. The first-order valence-electron chi connectivity index (χ1n) is 11.3. The molecular formula is C25H32BrCl2N3O4S. The van der Waals surface area contributed by atoms with E-state index in [4.69, 9.17) is 23.2 Å². The Hall–Kier alpha value is -1.81. The van der Waals surface area contributed by atoms with Crippen molar-refractivity contribution in [1.29, 1.82) is 0 Å². The predicted octanol–water partition coefficient (Wildman–Crippen LogP) is 5.55. The largest absolute Gasteiger partial charge is 0.350 e. The Morgan fingerprint density at radius 1 is 1.08 bits per heavy atom. The second kappa shape index (κ2) is 12.2. The van der Waals surface area contributed by atoms with Crippen molar-refractivity contribution in [3.8, 4) is 0 Å². The Balaban J connectivity index is 2.50. The molecule has 7 nitrogen and oxygen atoms in total. The first kappa shape index (κ1) is 30.4. The lowest BCUT2D eigenvalue weighted by atomic mass is 10.1. The Labute approximate surface area is 232 Å². The number of rotatable bonds is 9. The summed E-state index contributed by atoms with van der Waals surface area (Å²) in [5, 5.41) is 3.61. The molecule has 0 fully saturated rings. The molecule has 2 aromatic carbocycles. The topological polar surface area (TPSA) is 86.8 Å². The van der Waals surface area contributed by atoms with Crippen LogP contribution in [0.15, 0.2) is 40.9 Å². The molecule has 0 spiro atoms. The Bertz CT molecular complexity index is 1230. The third-order valence-corrected chi connectivity index (χ3v) is 8.10. The summed E-state index contributed by atoms with van der Waals surface area (Å²) in [5.41, 5.74) is 1.31. The van der Waals surface area contributed by atoms with Crippen molar-refractivity contribution in [3.63, 3.8) is 0 Å². The smallest absolute Gasteiger partial charge is 0.244 e. The molecule has 2 aromatic rings. The van der Waals surface area contributed by atoms with Gasteiger partial charge in [-0.1, -0.05) is 52.1 Å². The van der Waals surface area contributed by atoms with E-state index >= 15 is 0 Å². The maximum absolute atomic E-state index is 13.7. The lowest BCUT2D eigenvalue weighted by molar-refractivity contribution is -0.141. The van der Waals surface area contributed by atoms with Crippen LogP contribution < -0.4 is 9.62 Å². The van der Waals surface area contributed by atoms with Gasteiger partial charge in [0.2, 0.25) is 21.8 Å². The molecule has 0 aliphatic carbocycles. The van der Waals surface area contributed by atoms with E-state index in [-0.39, 0.29) is 12.5 Å². The summed E-state index contributed by atoms with van der Waals surface area (Å²) in [6, 6.07) is 9.17. The van der Waals surface area contributed by atoms with Crippen LogP contribution in [-0.4, -0.2) is 49.5 Å². The van der Waals surface area contributed by atoms with Crippen LogP contribution in [0.1, 0.15) is 45.2 Å². The van der Waals surface area contributed by atoms with E-state index < -0.39 is 34.1 Å². The van der Waals surface area contributed by atoms with Crippen molar-refractivity contribution in [2.75, 3.05) is 17.1 Å². The quantitative estimate of drug-likeness (QED) is 0.398. The number of nitrogens with one attached hydrogen (secondary N) is 1. The Kier molecular flexibility index (Phi) is 10.3. The second-order valence-corrected chi connectivity index (χ2v) is 13.2. The van der Waals surface area contributed by atoms with Gasteiger partial charge in [-0.25, -0.2) is 8.42 Å². The zero-order valence-corrected chi connectivity index (χ0v) is 25.1. The summed E-state index contributed by atoms with van der Waals surface area (Å²) < 4.78 is 27.3. The minimum Gasteiger partial charge on any atom is -0.350 e. The number of nitrogens with zero attached hydrogens (tertiary/aromatic N) is 2.